The van der Waals surface area contributed by atoms with E-state index in [9.17, 15) is 0 Å². The van der Waals surface area contributed by atoms with E-state index in [4.69, 9.17) is 17.3 Å². The smallest absolute Gasteiger partial charge is 0.0406 e. The summed E-state index contributed by atoms with van der Waals surface area (Å²) in [6.07, 6.45) is 0. The van der Waals surface area contributed by atoms with Crippen molar-refractivity contribution < 1.29 is 0 Å². The van der Waals surface area contributed by atoms with E-state index in [1.165, 1.54) is 21.6 Å². The zero-order valence-corrected chi connectivity index (χ0v) is 11.9. The van der Waals surface area contributed by atoms with Gasteiger partial charge in [0.2, 0.25) is 0 Å². The van der Waals surface area contributed by atoms with Crippen molar-refractivity contribution in [1.82, 2.24) is 0 Å². The van der Waals surface area contributed by atoms with Crippen LogP contribution in [0.1, 0.15) is 16.7 Å². The average Bonchev–Trinajstić information content (AvgIpc) is 2.39. The highest BCUT2D eigenvalue weighted by Crippen LogP contribution is 2.27. The van der Waals surface area contributed by atoms with Gasteiger partial charge in [0.05, 0.1) is 0 Å². The minimum atomic E-state index is 0.588. The van der Waals surface area contributed by atoms with Crippen molar-refractivity contribution in [3.05, 3.63) is 64.2 Å². The molecule has 0 saturated heterocycles. The summed E-state index contributed by atoms with van der Waals surface area (Å²) in [5.41, 5.74) is 9.52. The molecule has 0 fully saturated rings. The van der Waals surface area contributed by atoms with Gasteiger partial charge in [-0.1, -0.05) is 41.4 Å². The first-order valence-electron chi connectivity index (χ1n) is 5.86. The van der Waals surface area contributed by atoms with E-state index >= 15 is 0 Å². The van der Waals surface area contributed by atoms with Gasteiger partial charge in [0.15, 0.2) is 0 Å². The second kappa shape index (κ2) is 6.28. The first-order valence-corrected chi connectivity index (χ1v) is 7.22. The van der Waals surface area contributed by atoms with Crippen molar-refractivity contribution in [2.24, 2.45) is 5.73 Å². The summed E-state index contributed by atoms with van der Waals surface area (Å²) in [6.45, 7) is 2.68. The molecule has 1 nitrogen and oxygen atoms in total. The normalized spacial score (nSPS) is 10.6. The molecular weight excluding hydrogens is 262 g/mol. The molecule has 0 saturated carbocycles. The van der Waals surface area contributed by atoms with E-state index in [2.05, 4.69) is 37.3 Å². The van der Waals surface area contributed by atoms with Gasteiger partial charge in [-0.15, -0.1) is 11.8 Å². The van der Waals surface area contributed by atoms with E-state index in [1.807, 2.05) is 23.9 Å². The van der Waals surface area contributed by atoms with E-state index in [0.717, 1.165) is 10.8 Å². The van der Waals surface area contributed by atoms with Crippen LogP contribution >= 0.6 is 23.4 Å². The van der Waals surface area contributed by atoms with Crippen molar-refractivity contribution in [2.75, 3.05) is 0 Å². The fraction of sp³-hybridized carbons (Fsp3) is 0.200. The summed E-state index contributed by atoms with van der Waals surface area (Å²) in [6, 6.07) is 14.4. The summed E-state index contributed by atoms with van der Waals surface area (Å²) in [5, 5.41) is 0.779. The van der Waals surface area contributed by atoms with Crippen molar-refractivity contribution in [3.63, 3.8) is 0 Å². The monoisotopic (exact) mass is 277 g/mol. The molecular formula is C15H16ClNS. The van der Waals surface area contributed by atoms with E-state index in [-0.39, 0.29) is 0 Å². The third-order valence-electron chi connectivity index (χ3n) is 2.74. The van der Waals surface area contributed by atoms with Crippen LogP contribution in [0.15, 0.2) is 47.4 Å². The molecule has 2 aromatic rings. The lowest BCUT2D eigenvalue weighted by molar-refractivity contribution is 1.02. The molecule has 18 heavy (non-hydrogen) atoms. The maximum absolute atomic E-state index is 5.87. The number of halogens is 1. The van der Waals surface area contributed by atoms with Crippen molar-refractivity contribution in [3.8, 4) is 0 Å². The maximum atomic E-state index is 5.87. The minimum absolute atomic E-state index is 0.588. The van der Waals surface area contributed by atoms with Crippen LogP contribution in [0.25, 0.3) is 0 Å². The lowest BCUT2D eigenvalue weighted by Crippen LogP contribution is -1.99. The number of benzene rings is 2. The van der Waals surface area contributed by atoms with E-state index in [1.54, 1.807) is 0 Å². The first kappa shape index (κ1) is 13.5. The zero-order chi connectivity index (χ0) is 13.0. The molecule has 2 N–H and O–H groups in total. The van der Waals surface area contributed by atoms with Gasteiger partial charge in [-0.3, -0.25) is 0 Å². The summed E-state index contributed by atoms with van der Waals surface area (Å²) >= 11 is 7.69. The molecule has 0 unspecified atom stereocenters. The van der Waals surface area contributed by atoms with Crippen LogP contribution in [0, 0.1) is 6.92 Å². The van der Waals surface area contributed by atoms with Crippen LogP contribution in [0.2, 0.25) is 5.02 Å². The van der Waals surface area contributed by atoms with Gasteiger partial charge >= 0.3 is 0 Å². The molecule has 0 spiro atoms. The molecule has 2 aromatic carbocycles. The molecule has 0 amide bonds. The summed E-state index contributed by atoms with van der Waals surface area (Å²) < 4.78 is 0. The Labute approximate surface area is 117 Å². The zero-order valence-electron chi connectivity index (χ0n) is 10.3. The van der Waals surface area contributed by atoms with Gasteiger partial charge in [-0.25, -0.2) is 0 Å². The fourth-order valence-corrected chi connectivity index (χ4v) is 2.88. The predicted molar refractivity (Wildman–Crippen MR) is 80.1 cm³/mol. The van der Waals surface area contributed by atoms with E-state index < -0.39 is 0 Å². The second-order valence-corrected chi connectivity index (χ2v) is 5.68. The van der Waals surface area contributed by atoms with Crippen LogP contribution in [-0.4, -0.2) is 0 Å². The van der Waals surface area contributed by atoms with Crippen LogP contribution in [-0.2, 0) is 12.3 Å². The van der Waals surface area contributed by atoms with Gasteiger partial charge in [0.1, 0.15) is 0 Å². The summed E-state index contributed by atoms with van der Waals surface area (Å²) in [5.74, 6) is 0.938. The average molecular weight is 278 g/mol. The largest absolute Gasteiger partial charge is 0.326 e. The maximum Gasteiger partial charge on any atom is 0.0406 e. The molecule has 0 bridgehead atoms. The Bertz CT molecular complexity index is 523. The molecule has 3 heteroatoms. The Balaban J connectivity index is 2.08. The Morgan fingerprint density at radius 3 is 2.50 bits per heavy atom. The van der Waals surface area contributed by atoms with Crippen LogP contribution < -0.4 is 5.73 Å². The Morgan fingerprint density at radius 2 is 1.83 bits per heavy atom. The number of hydrogen-bond acceptors (Lipinski definition) is 2. The molecule has 0 atom stereocenters. The van der Waals surface area contributed by atoms with Crippen molar-refractivity contribution in [2.45, 2.75) is 24.1 Å². The highest BCUT2D eigenvalue weighted by Gasteiger charge is 2.03. The van der Waals surface area contributed by atoms with Gasteiger partial charge in [0.25, 0.3) is 0 Å². The molecule has 94 valence electrons. The molecule has 0 aliphatic rings. The first-order chi connectivity index (χ1) is 8.69. The Morgan fingerprint density at radius 1 is 1.11 bits per heavy atom. The van der Waals surface area contributed by atoms with Gasteiger partial charge in [-0.05, 0) is 36.2 Å². The van der Waals surface area contributed by atoms with Gasteiger partial charge < -0.3 is 5.73 Å². The topological polar surface area (TPSA) is 26.0 Å². The summed E-state index contributed by atoms with van der Waals surface area (Å²) in [7, 11) is 0. The third kappa shape index (κ3) is 3.52. The molecule has 0 aliphatic carbocycles. The van der Waals surface area contributed by atoms with Crippen LogP contribution in [0.5, 0.6) is 0 Å². The number of aryl methyl sites for hydroxylation is 1. The van der Waals surface area contributed by atoms with E-state index in [0.29, 0.717) is 6.54 Å². The fourth-order valence-electron chi connectivity index (χ4n) is 1.75. The predicted octanol–water partition coefficient (Wildman–Crippen LogP) is 4.40. The third-order valence-corrected chi connectivity index (χ3v) is 4.18. The van der Waals surface area contributed by atoms with Crippen LogP contribution in [0.4, 0.5) is 0 Å². The van der Waals surface area contributed by atoms with Crippen molar-refractivity contribution >= 4 is 23.4 Å². The molecule has 0 heterocycles. The highest BCUT2D eigenvalue weighted by atomic mass is 35.5. The van der Waals surface area contributed by atoms with Crippen LogP contribution in [0.3, 0.4) is 0 Å². The second-order valence-electron chi connectivity index (χ2n) is 4.23. The molecule has 0 aliphatic heterocycles. The molecule has 0 radical (unpaired) electrons. The minimum Gasteiger partial charge on any atom is -0.326 e. The highest BCUT2D eigenvalue weighted by molar-refractivity contribution is 7.98. The van der Waals surface area contributed by atoms with Gasteiger partial charge in [-0.2, -0.15) is 0 Å². The quantitative estimate of drug-likeness (QED) is 0.839. The summed E-state index contributed by atoms with van der Waals surface area (Å²) in [4.78, 5) is 1.26. The Hall–Kier alpha value is -0.960. The van der Waals surface area contributed by atoms with Gasteiger partial charge in [0, 0.05) is 22.2 Å². The SMILES string of the molecule is Cc1ccc(SCc2ccc(Cl)cc2)c(CN)c1. The number of nitrogens with two attached hydrogens (primary N) is 1. The Kier molecular flexibility index (Phi) is 4.70. The number of hydrogen-bond donors (Lipinski definition) is 1. The molecule has 2 rings (SSSR count). The lowest BCUT2D eigenvalue weighted by Gasteiger charge is -2.08. The lowest BCUT2D eigenvalue weighted by atomic mass is 10.1. The van der Waals surface area contributed by atoms with Crippen molar-refractivity contribution in [1.29, 1.82) is 0 Å². The number of rotatable bonds is 4. The number of thioether (sulfide) groups is 1. The molecule has 0 aromatic heterocycles. The standard InChI is InChI=1S/C15H16ClNS/c1-11-2-7-15(13(8-11)9-17)18-10-12-3-5-14(16)6-4-12/h2-8H,9-10,17H2,1H3.